The van der Waals surface area contributed by atoms with Crippen molar-refractivity contribution < 1.29 is 9.53 Å². The first kappa shape index (κ1) is 11.6. The summed E-state index contributed by atoms with van der Waals surface area (Å²) in [6, 6.07) is 8.03. The van der Waals surface area contributed by atoms with Crippen molar-refractivity contribution in [3.63, 3.8) is 0 Å². The number of aryl methyl sites for hydroxylation is 1. The summed E-state index contributed by atoms with van der Waals surface area (Å²) < 4.78 is 4.81. The Balaban J connectivity index is 2.60. The van der Waals surface area contributed by atoms with Gasteiger partial charge in [0.2, 0.25) is 0 Å². The summed E-state index contributed by atoms with van der Waals surface area (Å²) >= 11 is 0. The second-order valence-corrected chi connectivity index (χ2v) is 3.50. The molecule has 0 aliphatic carbocycles. The van der Waals surface area contributed by atoms with Gasteiger partial charge in [-0.3, -0.25) is 0 Å². The van der Waals surface area contributed by atoms with Crippen molar-refractivity contribution in [2.45, 2.75) is 26.8 Å². The third-order valence-electron chi connectivity index (χ3n) is 2.15. The largest absolute Gasteiger partial charge is 0.450 e. The smallest absolute Gasteiger partial charge is 0.407 e. The number of hydrogen-bond acceptors (Lipinski definition) is 2. The van der Waals surface area contributed by atoms with Crippen LogP contribution in [-0.4, -0.2) is 12.7 Å². The highest BCUT2D eigenvalue weighted by Crippen LogP contribution is 2.13. The zero-order valence-electron chi connectivity index (χ0n) is 9.41. The SMILES string of the molecule is CCOC(=O)N[C@H](C)c1cccc(C)c1. The maximum atomic E-state index is 11.2. The highest BCUT2D eigenvalue weighted by atomic mass is 16.5. The Morgan fingerprint density at radius 3 is 2.87 bits per heavy atom. The lowest BCUT2D eigenvalue weighted by Gasteiger charge is -2.14. The molecule has 82 valence electrons. The molecule has 0 saturated carbocycles. The molecular formula is C12H17NO2. The fraction of sp³-hybridized carbons (Fsp3) is 0.417. The molecule has 1 atom stereocenters. The fourth-order valence-corrected chi connectivity index (χ4v) is 1.37. The lowest BCUT2D eigenvalue weighted by atomic mass is 10.1. The Morgan fingerprint density at radius 2 is 2.27 bits per heavy atom. The summed E-state index contributed by atoms with van der Waals surface area (Å²) in [6.45, 7) is 6.15. The molecule has 0 aromatic heterocycles. The normalized spacial score (nSPS) is 11.9. The highest BCUT2D eigenvalue weighted by Gasteiger charge is 2.09. The van der Waals surface area contributed by atoms with Gasteiger partial charge >= 0.3 is 6.09 Å². The molecule has 1 aromatic carbocycles. The molecule has 0 unspecified atom stereocenters. The van der Waals surface area contributed by atoms with Crippen molar-refractivity contribution in [1.82, 2.24) is 5.32 Å². The zero-order chi connectivity index (χ0) is 11.3. The number of carbonyl (C=O) groups excluding carboxylic acids is 1. The predicted molar refractivity (Wildman–Crippen MR) is 59.8 cm³/mol. The van der Waals surface area contributed by atoms with E-state index < -0.39 is 0 Å². The van der Waals surface area contributed by atoms with Gasteiger partial charge in [-0.1, -0.05) is 29.8 Å². The molecule has 15 heavy (non-hydrogen) atoms. The van der Waals surface area contributed by atoms with E-state index in [4.69, 9.17) is 4.74 Å². The lowest BCUT2D eigenvalue weighted by Crippen LogP contribution is -2.27. The summed E-state index contributed by atoms with van der Waals surface area (Å²) in [7, 11) is 0. The van der Waals surface area contributed by atoms with Gasteiger partial charge in [0.05, 0.1) is 12.6 Å². The maximum Gasteiger partial charge on any atom is 0.407 e. The number of hydrogen-bond donors (Lipinski definition) is 1. The van der Waals surface area contributed by atoms with Crippen LogP contribution in [0.5, 0.6) is 0 Å². The molecule has 0 bridgehead atoms. The van der Waals surface area contributed by atoms with E-state index in [2.05, 4.69) is 11.4 Å². The molecule has 0 heterocycles. The number of rotatable bonds is 3. The first-order valence-corrected chi connectivity index (χ1v) is 5.13. The van der Waals surface area contributed by atoms with Crippen LogP contribution in [0, 0.1) is 6.92 Å². The third-order valence-corrected chi connectivity index (χ3v) is 2.15. The van der Waals surface area contributed by atoms with Crippen molar-refractivity contribution in [2.24, 2.45) is 0 Å². The van der Waals surface area contributed by atoms with Crippen LogP contribution in [0.4, 0.5) is 4.79 Å². The van der Waals surface area contributed by atoms with Gasteiger partial charge in [-0.2, -0.15) is 0 Å². The van der Waals surface area contributed by atoms with Crippen molar-refractivity contribution >= 4 is 6.09 Å². The van der Waals surface area contributed by atoms with Crippen LogP contribution >= 0.6 is 0 Å². The molecule has 0 radical (unpaired) electrons. The molecule has 1 aromatic rings. The topological polar surface area (TPSA) is 38.3 Å². The van der Waals surface area contributed by atoms with Crippen molar-refractivity contribution in [3.8, 4) is 0 Å². The first-order chi connectivity index (χ1) is 7.13. The molecule has 3 heteroatoms. The van der Waals surface area contributed by atoms with Gasteiger partial charge in [-0.25, -0.2) is 4.79 Å². The molecule has 0 fully saturated rings. The lowest BCUT2D eigenvalue weighted by molar-refractivity contribution is 0.149. The first-order valence-electron chi connectivity index (χ1n) is 5.13. The minimum atomic E-state index is -0.369. The summed E-state index contributed by atoms with van der Waals surface area (Å²) in [5.74, 6) is 0. The third kappa shape index (κ3) is 3.62. The molecular weight excluding hydrogens is 190 g/mol. The zero-order valence-corrected chi connectivity index (χ0v) is 9.41. The Kier molecular flexibility index (Phi) is 4.16. The number of benzene rings is 1. The van der Waals surface area contributed by atoms with Crippen molar-refractivity contribution in [1.29, 1.82) is 0 Å². The van der Waals surface area contributed by atoms with Gasteiger partial charge in [0.1, 0.15) is 0 Å². The molecule has 0 aliphatic rings. The molecule has 0 saturated heterocycles. The van der Waals surface area contributed by atoms with E-state index in [-0.39, 0.29) is 12.1 Å². The molecule has 1 amide bonds. The van der Waals surface area contributed by atoms with Crippen molar-refractivity contribution in [3.05, 3.63) is 35.4 Å². The van der Waals surface area contributed by atoms with E-state index in [1.54, 1.807) is 6.92 Å². The molecule has 0 spiro atoms. The second-order valence-electron chi connectivity index (χ2n) is 3.50. The fourth-order valence-electron chi connectivity index (χ4n) is 1.37. The van der Waals surface area contributed by atoms with E-state index in [9.17, 15) is 4.79 Å². The summed E-state index contributed by atoms with van der Waals surface area (Å²) in [5.41, 5.74) is 2.27. The van der Waals surface area contributed by atoms with E-state index in [1.165, 1.54) is 5.56 Å². The van der Waals surface area contributed by atoms with E-state index in [1.807, 2.05) is 32.0 Å². The van der Waals surface area contributed by atoms with Gasteiger partial charge in [0, 0.05) is 0 Å². The standard InChI is InChI=1S/C12H17NO2/c1-4-15-12(14)13-10(3)11-7-5-6-9(2)8-11/h5-8,10H,4H2,1-3H3,(H,13,14)/t10-/m1/s1. The molecule has 0 aliphatic heterocycles. The van der Waals surface area contributed by atoms with Gasteiger partial charge in [0.15, 0.2) is 0 Å². The van der Waals surface area contributed by atoms with E-state index >= 15 is 0 Å². The van der Waals surface area contributed by atoms with Gasteiger partial charge in [-0.15, -0.1) is 0 Å². The van der Waals surface area contributed by atoms with Crippen LogP contribution in [0.1, 0.15) is 31.0 Å². The van der Waals surface area contributed by atoms with Crippen LogP contribution in [0.3, 0.4) is 0 Å². The van der Waals surface area contributed by atoms with Crippen LogP contribution in [-0.2, 0) is 4.74 Å². The average molecular weight is 207 g/mol. The van der Waals surface area contributed by atoms with Gasteiger partial charge in [0.25, 0.3) is 0 Å². The summed E-state index contributed by atoms with van der Waals surface area (Å²) in [6.07, 6.45) is -0.369. The minimum absolute atomic E-state index is 0.0241. The van der Waals surface area contributed by atoms with Crippen LogP contribution < -0.4 is 5.32 Å². The number of carbonyl (C=O) groups is 1. The minimum Gasteiger partial charge on any atom is -0.450 e. The molecule has 1 N–H and O–H groups in total. The van der Waals surface area contributed by atoms with Gasteiger partial charge < -0.3 is 10.1 Å². The summed E-state index contributed by atoms with van der Waals surface area (Å²) in [5, 5.41) is 2.76. The number of alkyl carbamates (subject to hydrolysis) is 1. The molecule has 1 rings (SSSR count). The predicted octanol–water partition coefficient (Wildman–Crippen LogP) is 2.80. The Morgan fingerprint density at radius 1 is 1.53 bits per heavy atom. The van der Waals surface area contributed by atoms with Crippen LogP contribution in [0.25, 0.3) is 0 Å². The van der Waals surface area contributed by atoms with Crippen LogP contribution in [0.15, 0.2) is 24.3 Å². The van der Waals surface area contributed by atoms with E-state index in [0.29, 0.717) is 6.61 Å². The Labute approximate surface area is 90.4 Å². The molecule has 3 nitrogen and oxygen atoms in total. The Bertz CT molecular complexity index is 336. The quantitative estimate of drug-likeness (QED) is 0.827. The average Bonchev–Trinajstić information content (AvgIpc) is 2.18. The van der Waals surface area contributed by atoms with Gasteiger partial charge in [-0.05, 0) is 26.3 Å². The second kappa shape index (κ2) is 5.39. The van der Waals surface area contributed by atoms with Crippen LogP contribution in [0.2, 0.25) is 0 Å². The number of nitrogens with one attached hydrogen (secondary N) is 1. The number of ether oxygens (including phenoxy) is 1. The highest BCUT2D eigenvalue weighted by molar-refractivity contribution is 5.67. The van der Waals surface area contributed by atoms with E-state index in [0.717, 1.165) is 5.56 Å². The Hall–Kier alpha value is -1.51. The monoisotopic (exact) mass is 207 g/mol. The summed E-state index contributed by atoms with van der Waals surface area (Å²) in [4.78, 5) is 11.2. The van der Waals surface area contributed by atoms with Crippen molar-refractivity contribution in [2.75, 3.05) is 6.61 Å². The number of amides is 1. The maximum absolute atomic E-state index is 11.2.